The van der Waals surface area contributed by atoms with Gasteiger partial charge in [0.05, 0.1) is 23.3 Å². The molecule has 0 radical (unpaired) electrons. The molecule has 0 heterocycles. The van der Waals surface area contributed by atoms with Crippen molar-refractivity contribution in [3.63, 3.8) is 0 Å². The van der Waals surface area contributed by atoms with E-state index in [0.717, 1.165) is 0 Å². The molecule has 0 spiro atoms. The van der Waals surface area contributed by atoms with E-state index in [1.807, 2.05) is 0 Å². The number of hydrogen-bond acceptors (Lipinski definition) is 4. The van der Waals surface area contributed by atoms with E-state index in [2.05, 4.69) is 12.1 Å². The van der Waals surface area contributed by atoms with Gasteiger partial charge in [0.1, 0.15) is 0 Å². The predicted molar refractivity (Wildman–Crippen MR) is 90.9 cm³/mol. The minimum atomic E-state index is -0.187. The number of rotatable bonds is 2. The quantitative estimate of drug-likeness (QED) is 0.526. The fourth-order valence-electron chi connectivity index (χ4n) is 3.19. The Morgan fingerprint density at radius 3 is 2.12 bits per heavy atom. The molecule has 0 aliphatic heterocycles. The summed E-state index contributed by atoms with van der Waals surface area (Å²) in [5, 5.41) is 20.8. The largest absolute Gasteiger partial charge is 0.294 e. The fraction of sp³-hybridized carbons (Fsp3) is 0.100. The van der Waals surface area contributed by atoms with Gasteiger partial charge in [-0.25, -0.2) is 0 Å². The summed E-state index contributed by atoms with van der Waals surface area (Å²) in [6.07, 6.45) is 0. The molecule has 0 aliphatic carbocycles. The first-order valence-corrected chi connectivity index (χ1v) is 7.34. The molecule has 4 heteroatoms. The third-order valence-corrected chi connectivity index (χ3v) is 4.10. The van der Waals surface area contributed by atoms with Crippen molar-refractivity contribution in [3.8, 4) is 12.1 Å². The van der Waals surface area contributed by atoms with E-state index >= 15 is 0 Å². The lowest BCUT2D eigenvalue weighted by atomic mass is 9.86. The van der Waals surface area contributed by atoms with E-state index in [1.165, 1.54) is 13.8 Å². The smallest absolute Gasteiger partial charge is 0.161 e. The van der Waals surface area contributed by atoms with Crippen LogP contribution in [0.4, 0.5) is 0 Å². The second-order valence-electron chi connectivity index (χ2n) is 5.57. The third-order valence-electron chi connectivity index (χ3n) is 4.10. The molecule has 3 aromatic carbocycles. The maximum Gasteiger partial charge on any atom is 0.161 e. The molecular formula is C20H12N2O2. The van der Waals surface area contributed by atoms with E-state index in [0.29, 0.717) is 43.8 Å². The summed E-state index contributed by atoms with van der Waals surface area (Å²) in [6, 6.07) is 14.1. The van der Waals surface area contributed by atoms with Gasteiger partial charge < -0.3 is 0 Å². The zero-order valence-electron chi connectivity index (χ0n) is 13.2. The van der Waals surface area contributed by atoms with Crippen molar-refractivity contribution in [1.82, 2.24) is 0 Å². The van der Waals surface area contributed by atoms with Crippen LogP contribution in [0.3, 0.4) is 0 Å². The van der Waals surface area contributed by atoms with E-state index < -0.39 is 0 Å². The molecular weight excluding hydrogens is 300 g/mol. The summed E-state index contributed by atoms with van der Waals surface area (Å²) >= 11 is 0. The van der Waals surface area contributed by atoms with Crippen LogP contribution in [0.15, 0.2) is 36.4 Å². The van der Waals surface area contributed by atoms with Crippen molar-refractivity contribution in [1.29, 1.82) is 10.5 Å². The highest BCUT2D eigenvalue weighted by atomic mass is 16.1. The Bertz CT molecular complexity index is 1120. The number of fused-ring (bicyclic) bond motifs is 2. The first kappa shape index (κ1) is 15.4. The van der Waals surface area contributed by atoms with Crippen LogP contribution in [0.2, 0.25) is 0 Å². The van der Waals surface area contributed by atoms with Crippen LogP contribution in [0.1, 0.15) is 45.7 Å². The molecule has 3 rings (SSSR count). The van der Waals surface area contributed by atoms with Gasteiger partial charge in [-0.05, 0) is 48.2 Å². The van der Waals surface area contributed by atoms with Gasteiger partial charge >= 0.3 is 0 Å². The molecule has 114 valence electrons. The van der Waals surface area contributed by atoms with E-state index in [1.54, 1.807) is 36.4 Å². The normalized spacial score (nSPS) is 10.3. The van der Waals surface area contributed by atoms with Crippen LogP contribution in [0.5, 0.6) is 0 Å². The second-order valence-corrected chi connectivity index (χ2v) is 5.57. The molecule has 0 bridgehead atoms. The number of Topliss-reactive ketones (excluding diaryl/α,β-unsaturated/α-hetero) is 2. The lowest BCUT2D eigenvalue weighted by Crippen LogP contribution is -2.04. The van der Waals surface area contributed by atoms with Gasteiger partial charge in [0.25, 0.3) is 0 Å². The van der Waals surface area contributed by atoms with E-state index in [9.17, 15) is 14.9 Å². The number of ketones is 2. The molecule has 0 unspecified atom stereocenters. The zero-order chi connectivity index (χ0) is 17.4. The van der Waals surface area contributed by atoms with Crippen LogP contribution in [-0.4, -0.2) is 11.6 Å². The van der Waals surface area contributed by atoms with Gasteiger partial charge in [-0.2, -0.15) is 10.5 Å². The van der Waals surface area contributed by atoms with Crippen LogP contribution in [-0.2, 0) is 0 Å². The van der Waals surface area contributed by atoms with Crippen molar-refractivity contribution in [3.05, 3.63) is 58.7 Å². The topological polar surface area (TPSA) is 81.7 Å². The molecule has 24 heavy (non-hydrogen) atoms. The van der Waals surface area contributed by atoms with Gasteiger partial charge in [-0.15, -0.1) is 0 Å². The lowest BCUT2D eigenvalue weighted by molar-refractivity contribution is 0.101. The van der Waals surface area contributed by atoms with Crippen molar-refractivity contribution in [2.75, 3.05) is 0 Å². The molecule has 4 nitrogen and oxygen atoms in total. The number of carbonyl (C=O) groups is 2. The van der Waals surface area contributed by atoms with Gasteiger partial charge in [0.2, 0.25) is 0 Å². The number of nitriles is 2. The summed E-state index contributed by atoms with van der Waals surface area (Å²) in [7, 11) is 0. The Labute approximate surface area is 138 Å². The molecule has 0 fully saturated rings. The summed E-state index contributed by atoms with van der Waals surface area (Å²) < 4.78 is 0. The average molecular weight is 312 g/mol. The van der Waals surface area contributed by atoms with Crippen LogP contribution in [0, 0.1) is 22.7 Å². The number of benzene rings is 3. The minimum absolute atomic E-state index is 0.176. The van der Waals surface area contributed by atoms with Crippen molar-refractivity contribution >= 4 is 33.1 Å². The molecule has 0 saturated carbocycles. The maximum absolute atomic E-state index is 12.3. The third kappa shape index (κ3) is 2.14. The summed E-state index contributed by atoms with van der Waals surface area (Å²) in [5.74, 6) is -0.363. The monoisotopic (exact) mass is 312 g/mol. The van der Waals surface area contributed by atoms with Crippen molar-refractivity contribution in [2.45, 2.75) is 13.8 Å². The Hall–Kier alpha value is -3.50. The van der Waals surface area contributed by atoms with E-state index in [4.69, 9.17) is 5.26 Å². The molecule has 3 aromatic rings. The SMILES string of the molecule is CC(=O)c1c2cc(C#N)ccc2c(C(C)=O)c2c(C#N)cccc12. The van der Waals surface area contributed by atoms with Crippen molar-refractivity contribution in [2.24, 2.45) is 0 Å². The molecule has 0 atom stereocenters. The Balaban J connectivity index is 2.75. The first-order valence-electron chi connectivity index (χ1n) is 7.34. The highest BCUT2D eigenvalue weighted by Crippen LogP contribution is 2.35. The zero-order valence-corrected chi connectivity index (χ0v) is 13.2. The first-order chi connectivity index (χ1) is 11.5. The van der Waals surface area contributed by atoms with Crippen LogP contribution < -0.4 is 0 Å². The number of carbonyl (C=O) groups excluding carboxylic acids is 2. The van der Waals surface area contributed by atoms with E-state index in [-0.39, 0.29) is 11.6 Å². The average Bonchev–Trinajstić information content (AvgIpc) is 2.57. The van der Waals surface area contributed by atoms with Crippen LogP contribution >= 0.6 is 0 Å². The Morgan fingerprint density at radius 2 is 1.54 bits per heavy atom. The van der Waals surface area contributed by atoms with Crippen LogP contribution in [0.25, 0.3) is 21.5 Å². The Morgan fingerprint density at radius 1 is 0.833 bits per heavy atom. The molecule has 0 aromatic heterocycles. The van der Waals surface area contributed by atoms with Gasteiger partial charge in [0.15, 0.2) is 11.6 Å². The van der Waals surface area contributed by atoms with Crippen molar-refractivity contribution < 1.29 is 9.59 Å². The molecule has 0 saturated heterocycles. The summed E-state index contributed by atoms with van der Waals surface area (Å²) in [4.78, 5) is 24.6. The fourth-order valence-corrected chi connectivity index (χ4v) is 3.19. The number of hydrogen-bond donors (Lipinski definition) is 0. The lowest BCUT2D eigenvalue weighted by Gasteiger charge is -2.15. The molecule has 0 amide bonds. The number of nitrogens with zero attached hydrogens (tertiary/aromatic N) is 2. The predicted octanol–water partition coefficient (Wildman–Crippen LogP) is 4.14. The van der Waals surface area contributed by atoms with Gasteiger partial charge in [-0.3, -0.25) is 9.59 Å². The van der Waals surface area contributed by atoms with Gasteiger partial charge in [-0.1, -0.05) is 18.2 Å². The molecule has 0 N–H and O–H groups in total. The summed E-state index contributed by atoms with van der Waals surface area (Å²) in [6.45, 7) is 2.88. The highest BCUT2D eigenvalue weighted by Gasteiger charge is 2.21. The second kappa shape index (κ2) is 5.61. The molecule has 0 aliphatic rings. The Kier molecular flexibility index (Phi) is 3.60. The minimum Gasteiger partial charge on any atom is -0.294 e. The maximum atomic E-state index is 12.3. The van der Waals surface area contributed by atoms with Gasteiger partial charge in [0, 0.05) is 16.5 Å². The highest BCUT2D eigenvalue weighted by molar-refractivity contribution is 6.27. The standard InChI is InChI=1S/C20H12N2O2/c1-11(23)18-16-5-3-4-14(10-22)20(16)19(12(2)24)15-7-6-13(9-21)8-17(15)18/h3-8H,1-2H3. The summed E-state index contributed by atoms with van der Waals surface area (Å²) in [5.41, 5.74) is 1.60.